The Morgan fingerprint density at radius 1 is 1.27 bits per heavy atom. The first-order valence-corrected chi connectivity index (χ1v) is 12.9. The molecule has 0 radical (unpaired) electrons. The first-order chi connectivity index (χ1) is 17.7. The van der Waals surface area contributed by atoms with Crippen LogP contribution in [0.5, 0.6) is 11.6 Å². The molecule has 1 aliphatic rings. The summed E-state index contributed by atoms with van der Waals surface area (Å²) >= 11 is 16.0. The number of azo groups is 1. The minimum Gasteiger partial charge on any atom is -0.436 e. The van der Waals surface area contributed by atoms with E-state index in [4.69, 9.17) is 38.9 Å². The molecule has 0 atom stereocenters. The Hall–Kier alpha value is -3.10. The number of hydrogen-bond acceptors (Lipinski definition) is 8. The van der Waals surface area contributed by atoms with Crippen LogP contribution in [-0.4, -0.2) is 39.9 Å². The Bertz CT molecular complexity index is 1380. The first-order valence-electron chi connectivity index (χ1n) is 11.4. The average molecular weight is 603 g/mol. The summed E-state index contributed by atoms with van der Waals surface area (Å²) in [6, 6.07) is 10.5. The van der Waals surface area contributed by atoms with Crippen molar-refractivity contribution in [3.8, 4) is 17.7 Å². The van der Waals surface area contributed by atoms with Gasteiger partial charge in [-0.1, -0.05) is 29.3 Å². The summed E-state index contributed by atoms with van der Waals surface area (Å²) in [5.74, 6) is 0.318. The van der Waals surface area contributed by atoms with Crippen LogP contribution in [0.1, 0.15) is 39.9 Å². The van der Waals surface area contributed by atoms with Gasteiger partial charge in [-0.25, -0.2) is 4.98 Å². The van der Waals surface area contributed by atoms with Gasteiger partial charge in [0.25, 0.3) is 5.95 Å². The maximum atomic E-state index is 11.3. The fraction of sp³-hybridized carbons (Fsp3) is 0.280. The van der Waals surface area contributed by atoms with Crippen LogP contribution in [0, 0.1) is 18.3 Å². The van der Waals surface area contributed by atoms with Crippen molar-refractivity contribution in [1.82, 2.24) is 14.9 Å². The molecule has 1 aliphatic heterocycles. The summed E-state index contributed by atoms with van der Waals surface area (Å²) in [5, 5.41) is 18.6. The molecule has 12 heteroatoms. The fourth-order valence-electron chi connectivity index (χ4n) is 3.88. The van der Waals surface area contributed by atoms with E-state index in [1.807, 2.05) is 6.07 Å². The van der Waals surface area contributed by atoms with Gasteiger partial charge in [-0.3, -0.25) is 9.69 Å². The van der Waals surface area contributed by atoms with Crippen LogP contribution in [0.4, 0.5) is 5.95 Å². The first kappa shape index (κ1) is 26.9. The number of ether oxygens (including phenoxy) is 1. The van der Waals surface area contributed by atoms with Crippen molar-refractivity contribution < 1.29 is 9.53 Å². The van der Waals surface area contributed by atoms with E-state index in [9.17, 15) is 4.79 Å². The normalized spacial score (nSPS) is 14.6. The lowest BCUT2D eigenvalue weighted by atomic mass is 10.0. The summed E-state index contributed by atoms with van der Waals surface area (Å²) in [4.78, 5) is 22.2. The quantitative estimate of drug-likeness (QED) is 0.313. The molecule has 0 bridgehead atoms. The van der Waals surface area contributed by atoms with Crippen molar-refractivity contribution in [3.63, 3.8) is 0 Å². The number of carbonyl (C=O) groups is 1. The van der Waals surface area contributed by atoms with Gasteiger partial charge in [0.2, 0.25) is 11.8 Å². The zero-order valence-corrected chi connectivity index (χ0v) is 22.9. The van der Waals surface area contributed by atoms with E-state index < -0.39 is 5.91 Å². The van der Waals surface area contributed by atoms with Crippen molar-refractivity contribution in [3.05, 3.63) is 73.3 Å². The third-order valence-corrected chi connectivity index (χ3v) is 7.03. The van der Waals surface area contributed by atoms with E-state index in [0.717, 1.165) is 31.5 Å². The summed E-state index contributed by atoms with van der Waals surface area (Å²) in [5.41, 5.74) is 7.80. The highest BCUT2D eigenvalue weighted by molar-refractivity contribution is 9.10. The lowest BCUT2D eigenvalue weighted by molar-refractivity contribution is 0.1000. The average Bonchev–Trinajstić information content (AvgIpc) is 2.88. The van der Waals surface area contributed by atoms with Gasteiger partial charge >= 0.3 is 0 Å². The number of primary amides is 1. The highest BCUT2D eigenvalue weighted by atomic mass is 79.9. The second kappa shape index (κ2) is 12.0. The Labute approximate surface area is 232 Å². The molecule has 1 amide bonds. The Balaban J connectivity index is 1.37. The number of rotatable bonds is 7. The number of likely N-dealkylation sites (tertiary alicyclic amines) is 1. The third-order valence-electron chi connectivity index (χ3n) is 5.86. The van der Waals surface area contributed by atoms with Crippen molar-refractivity contribution in [2.24, 2.45) is 16.0 Å². The number of nitrogens with zero attached hydrogens (tertiary/aromatic N) is 6. The third kappa shape index (κ3) is 6.81. The molecule has 0 saturated carbocycles. The number of nitriles is 1. The molecule has 0 unspecified atom stereocenters. The van der Waals surface area contributed by atoms with Crippen LogP contribution < -0.4 is 10.5 Å². The molecule has 3 aromatic rings. The van der Waals surface area contributed by atoms with Gasteiger partial charge < -0.3 is 10.5 Å². The highest BCUT2D eigenvalue weighted by Gasteiger charge is 2.20. The Morgan fingerprint density at radius 2 is 2.03 bits per heavy atom. The molecule has 0 spiro atoms. The van der Waals surface area contributed by atoms with Gasteiger partial charge in [0.05, 0.1) is 33.4 Å². The van der Waals surface area contributed by atoms with Crippen LogP contribution in [0.3, 0.4) is 0 Å². The number of benzene rings is 2. The summed E-state index contributed by atoms with van der Waals surface area (Å²) in [6.45, 7) is 4.12. The number of aromatic nitrogens is 2. The molecule has 9 nitrogen and oxygen atoms in total. The van der Waals surface area contributed by atoms with E-state index in [0.29, 0.717) is 43.5 Å². The number of amides is 1. The largest absolute Gasteiger partial charge is 0.436 e. The van der Waals surface area contributed by atoms with Crippen molar-refractivity contribution in [2.45, 2.75) is 32.4 Å². The zero-order valence-electron chi connectivity index (χ0n) is 19.8. The maximum Gasteiger partial charge on any atom is 0.271 e. The molecule has 37 heavy (non-hydrogen) atoms. The van der Waals surface area contributed by atoms with Crippen LogP contribution in [0.2, 0.25) is 10.0 Å². The smallest absolute Gasteiger partial charge is 0.271 e. The molecule has 1 aromatic heterocycles. The minimum atomic E-state index is -0.499. The number of piperidine rings is 1. The Morgan fingerprint density at radius 3 is 2.68 bits per heavy atom. The second-order valence-electron chi connectivity index (χ2n) is 8.53. The van der Waals surface area contributed by atoms with Gasteiger partial charge in [-0.2, -0.15) is 15.4 Å². The number of nitrogens with two attached hydrogens (primary N) is 1. The number of hydrogen-bond donors (Lipinski definition) is 1. The minimum absolute atomic E-state index is 0.0378. The predicted octanol–water partition coefficient (Wildman–Crippen LogP) is 6.37. The number of aryl methyl sites for hydroxylation is 1. The Kier molecular flexibility index (Phi) is 8.71. The molecule has 1 saturated heterocycles. The lowest BCUT2D eigenvalue weighted by Gasteiger charge is -2.29. The second-order valence-corrected chi connectivity index (χ2v) is 10.2. The highest BCUT2D eigenvalue weighted by Crippen LogP contribution is 2.36. The summed E-state index contributed by atoms with van der Waals surface area (Å²) in [6.07, 6.45) is 3.18. The van der Waals surface area contributed by atoms with E-state index in [-0.39, 0.29) is 17.9 Å². The molecule has 2 heterocycles. The maximum absolute atomic E-state index is 11.3. The van der Waals surface area contributed by atoms with Crippen LogP contribution in [0.15, 0.2) is 51.2 Å². The molecule has 2 N–H and O–H groups in total. The topological polar surface area (TPSA) is 130 Å². The monoisotopic (exact) mass is 601 g/mol. The lowest BCUT2D eigenvalue weighted by Crippen LogP contribution is -2.34. The van der Waals surface area contributed by atoms with Gasteiger partial charge in [0.15, 0.2) is 5.75 Å². The molecule has 0 aliphatic carbocycles. The molecule has 190 valence electrons. The van der Waals surface area contributed by atoms with E-state index in [1.54, 1.807) is 31.3 Å². The van der Waals surface area contributed by atoms with Gasteiger partial charge in [0.1, 0.15) is 0 Å². The summed E-state index contributed by atoms with van der Waals surface area (Å²) < 4.78 is 6.45. The predicted molar refractivity (Wildman–Crippen MR) is 143 cm³/mol. The van der Waals surface area contributed by atoms with Crippen molar-refractivity contribution in [2.75, 3.05) is 13.1 Å². The van der Waals surface area contributed by atoms with E-state index in [2.05, 4.69) is 47.1 Å². The van der Waals surface area contributed by atoms with Crippen molar-refractivity contribution >= 4 is 51.0 Å². The van der Waals surface area contributed by atoms with Gasteiger partial charge in [-0.15, -0.1) is 5.11 Å². The molecule has 4 rings (SSSR count). The van der Waals surface area contributed by atoms with Crippen molar-refractivity contribution in [1.29, 1.82) is 5.26 Å². The standard InChI is InChI=1S/C25H22BrCl2N7O2/c1-14-8-15(11-29)9-21(28)22(14)37-24-19(26)12-31-25(32-24)34-33-18-4-6-35(7-5-18)13-17-3-2-16(23(30)36)10-20(17)27/h2-3,8-10,12,18H,4-7,13H2,1H3,(H2,30,36). The SMILES string of the molecule is Cc1cc(C#N)cc(Cl)c1Oc1nc(N=NC2CCN(Cc3ccc(C(N)=O)cc3Cl)CC2)ncc1Br. The zero-order chi connectivity index (χ0) is 26.5. The molecular formula is C25H22BrCl2N7O2. The molecule has 1 fully saturated rings. The molecular weight excluding hydrogens is 581 g/mol. The van der Waals surface area contributed by atoms with Crippen LogP contribution in [0.25, 0.3) is 0 Å². The summed E-state index contributed by atoms with van der Waals surface area (Å²) in [7, 11) is 0. The fourth-order valence-corrected chi connectivity index (χ4v) is 4.70. The number of halogens is 3. The van der Waals surface area contributed by atoms with Gasteiger partial charge in [-0.05, 0) is 71.1 Å². The van der Waals surface area contributed by atoms with E-state index >= 15 is 0 Å². The van der Waals surface area contributed by atoms with Crippen LogP contribution >= 0.6 is 39.1 Å². The van der Waals surface area contributed by atoms with Gasteiger partial charge in [0, 0.05) is 30.2 Å². The number of carbonyl (C=O) groups excluding carboxylic acids is 1. The van der Waals surface area contributed by atoms with E-state index in [1.165, 1.54) is 6.07 Å². The van der Waals surface area contributed by atoms with Crippen LogP contribution in [-0.2, 0) is 6.54 Å². The molecule has 2 aromatic carbocycles.